The van der Waals surface area contributed by atoms with E-state index in [0.29, 0.717) is 17.9 Å². The van der Waals surface area contributed by atoms with E-state index in [1.165, 1.54) is 0 Å². The van der Waals surface area contributed by atoms with Crippen LogP contribution in [0.5, 0.6) is 0 Å². The van der Waals surface area contributed by atoms with Crippen LogP contribution < -0.4 is 16.8 Å². The summed E-state index contributed by atoms with van der Waals surface area (Å²) in [5, 5.41) is 10.9. The third kappa shape index (κ3) is 6.14. The standard InChI is InChI=1S/C24H29N7O3.ClH/c1-14-5-6-15-12-16(7-9-18(15)27-14)23(33)28-22-13-19(29-30-22)20-4-2-3-11-31(20)24(34)17(25)8-10-21(26)32;/h5-7,9,12-13,17,20H,2-4,8,10-11,25H2,1H3,(H2,26,32)(H2,28,29,30,33);1H/t17-,20?;/m0./s1. The molecule has 2 aromatic heterocycles. The number of nitrogens with two attached hydrogens (primary N) is 2. The number of hydrogen-bond acceptors (Lipinski definition) is 6. The van der Waals surface area contributed by atoms with Crippen LogP contribution in [-0.4, -0.2) is 50.4 Å². The summed E-state index contributed by atoms with van der Waals surface area (Å²) in [6.07, 6.45) is 2.86. The molecule has 3 amide bonds. The van der Waals surface area contributed by atoms with E-state index in [4.69, 9.17) is 11.5 Å². The third-order valence-electron chi connectivity index (χ3n) is 6.09. The lowest BCUT2D eigenvalue weighted by Crippen LogP contribution is -2.47. The fraction of sp³-hybridized carbons (Fsp3) is 0.375. The van der Waals surface area contributed by atoms with E-state index in [1.54, 1.807) is 23.1 Å². The van der Waals surface area contributed by atoms with Gasteiger partial charge in [0.05, 0.1) is 23.3 Å². The SMILES string of the molecule is Cc1ccc2cc(C(=O)Nc3cc(C4CCCCN4C(=O)[C@@H](N)CCC(N)=O)[nH]n3)ccc2n1.Cl. The maximum Gasteiger partial charge on any atom is 0.256 e. The summed E-state index contributed by atoms with van der Waals surface area (Å²) in [6.45, 7) is 2.49. The lowest BCUT2D eigenvalue weighted by atomic mass is 9.97. The van der Waals surface area contributed by atoms with Crippen molar-refractivity contribution in [2.45, 2.75) is 51.1 Å². The molecule has 0 saturated carbocycles. The summed E-state index contributed by atoms with van der Waals surface area (Å²) in [5.74, 6) is -0.611. The second-order valence-corrected chi connectivity index (χ2v) is 8.68. The zero-order valence-electron chi connectivity index (χ0n) is 19.5. The predicted octanol–water partition coefficient (Wildman–Crippen LogP) is 2.59. The van der Waals surface area contributed by atoms with Crippen molar-refractivity contribution in [3.63, 3.8) is 0 Å². The smallest absolute Gasteiger partial charge is 0.256 e. The number of aromatic nitrogens is 3. The van der Waals surface area contributed by atoms with Crippen molar-refractivity contribution >= 4 is 46.8 Å². The highest BCUT2D eigenvalue weighted by Crippen LogP contribution is 2.31. The van der Waals surface area contributed by atoms with E-state index in [1.807, 2.05) is 25.1 Å². The van der Waals surface area contributed by atoms with Crippen molar-refractivity contribution in [3.8, 4) is 0 Å². The zero-order chi connectivity index (χ0) is 24.2. The number of pyridine rings is 1. The molecule has 1 aliphatic rings. The second-order valence-electron chi connectivity index (χ2n) is 8.68. The summed E-state index contributed by atoms with van der Waals surface area (Å²) in [7, 11) is 0. The Hall–Kier alpha value is -3.50. The van der Waals surface area contributed by atoms with Gasteiger partial charge in [0.25, 0.3) is 5.91 Å². The van der Waals surface area contributed by atoms with Crippen LogP contribution in [-0.2, 0) is 9.59 Å². The Morgan fingerprint density at radius 2 is 2.00 bits per heavy atom. The van der Waals surface area contributed by atoms with Crippen molar-refractivity contribution in [1.82, 2.24) is 20.1 Å². The number of amides is 3. The number of nitrogens with one attached hydrogen (secondary N) is 2. The summed E-state index contributed by atoms with van der Waals surface area (Å²) in [4.78, 5) is 43.0. The number of aryl methyl sites for hydroxylation is 1. The van der Waals surface area contributed by atoms with Gasteiger partial charge in [-0.2, -0.15) is 5.10 Å². The number of carbonyl (C=O) groups excluding carboxylic acids is 3. The Bertz CT molecular complexity index is 1230. The molecule has 186 valence electrons. The minimum atomic E-state index is -0.790. The predicted molar refractivity (Wildman–Crippen MR) is 135 cm³/mol. The number of benzene rings is 1. The van der Waals surface area contributed by atoms with Crippen molar-refractivity contribution < 1.29 is 14.4 Å². The highest BCUT2D eigenvalue weighted by molar-refractivity contribution is 6.05. The van der Waals surface area contributed by atoms with Crippen LogP contribution in [0.1, 0.15) is 59.9 Å². The number of carbonyl (C=O) groups is 3. The lowest BCUT2D eigenvalue weighted by Gasteiger charge is -2.36. The number of nitrogens with zero attached hydrogens (tertiary/aromatic N) is 3. The number of piperidine rings is 1. The molecule has 1 fully saturated rings. The first-order valence-corrected chi connectivity index (χ1v) is 11.4. The van der Waals surface area contributed by atoms with Crippen LogP contribution >= 0.6 is 12.4 Å². The van der Waals surface area contributed by atoms with Crippen molar-refractivity contribution in [1.29, 1.82) is 0 Å². The maximum absolute atomic E-state index is 12.9. The monoisotopic (exact) mass is 499 g/mol. The molecule has 6 N–H and O–H groups in total. The largest absolute Gasteiger partial charge is 0.370 e. The van der Waals surface area contributed by atoms with Crippen molar-refractivity contribution in [2.75, 3.05) is 11.9 Å². The molecule has 0 spiro atoms. The number of halogens is 1. The Kier molecular flexibility index (Phi) is 8.42. The molecule has 0 radical (unpaired) electrons. The number of primary amides is 1. The summed E-state index contributed by atoms with van der Waals surface area (Å²) >= 11 is 0. The van der Waals surface area contributed by atoms with E-state index in [2.05, 4.69) is 20.5 Å². The molecule has 0 bridgehead atoms. The molecule has 10 nitrogen and oxygen atoms in total. The molecule has 1 saturated heterocycles. The Labute approximate surface area is 209 Å². The highest BCUT2D eigenvalue weighted by Gasteiger charge is 2.32. The van der Waals surface area contributed by atoms with Crippen molar-refractivity contribution in [3.05, 3.63) is 53.3 Å². The average Bonchev–Trinajstić information content (AvgIpc) is 3.29. The lowest BCUT2D eigenvalue weighted by molar-refractivity contribution is -0.136. The molecule has 4 rings (SSSR count). The molecule has 1 aromatic carbocycles. The fourth-order valence-electron chi connectivity index (χ4n) is 4.28. The van der Waals surface area contributed by atoms with Crippen LogP contribution in [0, 0.1) is 6.92 Å². The van der Waals surface area contributed by atoms with E-state index in [0.717, 1.165) is 41.6 Å². The number of fused-ring (bicyclic) bond motifs is 1. The molecule has 11 heteroatoms. The maximum atomic E-state index is 12.9. The molecule has 35 heavy (non-hydrogen) atoms. The number of anilines is 1. The number of aromatic amines is 1. The summed E-state index contributed by atoms with van der Waals surface area (Å²) < 4.78 is 0. The van der Waals surface area contributed by atoms with Crippen LogP contribution in [0.2, 0.25) is 0 Å². The highest BCUT2D eigenvalue weighted by atomic mass is 35.5. The molecular weight excluding hydrogens is 470 g/mol. The molecule has 1 aliphatic heterocycles. The van der Waals surface area contributed by atoms with Crippen LogP contribution in [0.15, 0.2) is 36.4 Å². The first-order valence-electron chi connectivity index (χ1n) is 11.4. The number of H-pyrrole nitrogens is 1. The third-order valence-corrected chi connectivity index (χ3v) is 6.09. The Balaban J connectivity index is 0.00000342. The molecule has 2 atom stereocenters. The van der Waals surface area contributed by atoms with E-state index in [-0.39, 0.29) is 43.1 Å². The van der Waals surface area contributed by atoms with Gasteiger partial charge >= 0.3 is 0 Å². The van der Waals surface area contributed by atoms with Crippen LogP contribution in [0.25, 0.3) is 10.9 Å². The number of likely N-dealkylation sites (tertiary alicyclic amines) is 1. The second kappa shape index (κ2) is 11.3. The topological polar surface area (TPSA) is 160 Å². The van der Waals surface area contributed by atoms with Gasteiger partial charge in [0, 0.05) is 35.7 Å². The van der Waals surface area contributed by atoms with Gasteiger partial charge in [0.1, 0.15) is 0 Å². The van der Waals surface area contributed by atoms with Gasteiger partial charge in [-0.15, -0.1) is 12.4 Å². The molecule has 3 aromatic rings. The van der Waals surface area contributed by atoms with Gasteiger partial charge in [0.15, 0.2) is 5.82 Å². The van der Waals surface area contributed by atoms with Gasteiger partial charge in [-0.25, -0.2) is 0 Å². The van der Waals surface area contributed by atoms with Gasteiger partial charge in [0.2, 0.25) is 11.8 Å². The number of hydrogen-bond donors (Lipinski definition) is 4. The van der Waals surface area contributed by atoms with Crippen LogP contribution in [0.3, 0.4) is 0 Å². The summed E-state index contributed by atoms with van der Waals surface area (Å²) in [6, 6.07) is 9.91. The summed E-state index contributed by atoms with van der Waals surface area (Å²) in [5.41, 5.74) is 14.2. The van der Waals surface area contributed by atoms with Gasteiger partial charge < -0.3 is 21.7 Å². The first-order chi connectivity index (χ1) is 16.3. The molecular formula is C24H30ClN7O3. The zero-order valence-corrected chi connectivity index (χ0v) is 20.3. The number of rotatable bonds is 7. The normalized spacial score (nSPS) is 16.4. The van der Waals surface area contributed by atoms with Gasteiger partial charge in [-0.1, -0.05) is 6.07 Å². The van der Waals surface area contributed by atoms with E-state index < -0.39 is 11.9 Å². The minimum absolute atomic E-state index is 0. The van der Waals surface area contributed by atoms with E-state index in [9.17, 15) is 14.4 Å². The van der Waals surface area contributed by atoms with Crippen LogP contribution in [0.4, 0.5) is 5.82 Å². The minimum Gasteiger partial charge on any atom is -0.370 e. The first kappa shape index (κ1) is 26.1. The Morgan fingerprint density at radius 3 is 2.77 bits per heavy atom. The van der Waals surface area contributed by atoms with E-state index >= 15 is 0 Å². The van der Waals surface area contributed by atoms with Crippen molar-refractivity contribution in [2.24, 2.45) is 11.5 Å². The van der Waals surface area contributed by atoms with Gasteiger partial charge in [-0.3, -0.25) is 24.5 Å². The quantitative estimate of drug-likeness (QED) is 0.390. The average molecular weight is 500 g/mol. The molecule has 1 unspecified atom stereocenters. The Morgan fingerprint density at radius 1 is 1.20 bits per heavy atom. The molecule has 3 heterocycles. The van der Waals surface area contributed by atoms with Gasteiger partial charge in [-0.05, 0) is 56.9 Å². The molecule has 0 aliphatic carbocycles. The fourth-order valence-corrected chi connectivity index (χ4v) is 4.28.